The summed E-state index contributed by atoms with van der Waals surface area (Å²) in [5, 5.41) is 17.8. The lowest BCUT2D eigenvalue weighted by molar-refractivity contribution is 0.202. The summed E-state index contributed by atoms with van der Waals surface area (Å²) in [6.45, 7) is 1.57. The van der Waals surface area contributed by atoms with Crippen molar-refractivity contribution < 1.29 is 9.84 Å². The second-order valence-corrected chi connectivity index (χ2v) is 3.42. The van der Waals surface area contributed by atoms with Gasteiger partial charge in [-0.3, -0.25) is 0 Å². The number of nitrogen functional groups attached to an aromatic ring is 1. The number of ether oxygens (including phenoxy) is 1. The Morgan fingerprint density at radius 1 is 1.53 bits per heavy atom. The van der Waals surface area contributed by atoms with Crippen molar-refractivity contribution >= 4 is 11.5 Å². The van der Waals surface area contributed by atoms with Crippen molar-refractivity contribution in [2.45, 2.75) is 0 Å². The molecule has 1 heterocycles. The first kappa shape index (κ1) is 13.2. The molecule has 0 radical (unpaired) electrons. The summed E-state index contributed by atoms with van der Waals surface area (Å²) >= 11 is 0. The number of nitriles is 1. The number of hydrogen-bond acceptors (Lipinski definition) is 6. The second-order valence-electron chi connectivity index (χ2n) is 3.42. The van der Waals surface area contributed by atoms with Crippen molar-refractivity contribution in [2.75, 3.05) is 44.0 Å². The minimum absolute atomic E-state index is 0.0116. The lowest BCUT2D eigenvalue weighted by Gasteiger charge is -2.22. The van der Waals surface area contributed by atoms with Gasteiger partial charge < -0.3 is 20.5 Å². The van der Waals surface area contributed by atoms with Crippen LogP contribution < -0.4 is 10.6 Å². The molecule has 6 nitrogen and oxygen atoms in total. The predicted octanol–water partition coefficient (Wildman–Crippen LogP) is -0.0194. The van der Waals surface area contributed by atoms with E-state index in [-0.39, 0.29) is 12.3 Å². The van der Waals surface area contributed by atoms with Crippen LogP contribution >= 0.6 is 0 Å². The molecule has 3 N–H and O–H groups in total. The highest BCUT2D eigenvalue weighted by Crippen LogP contribution is 2.15. The highest BCUT2D eigenvalue weighted by atomic mass is 16.5. The topological polar surface area (TPSA) is 95.4 Å². The van der Waals surface area contributed by atoms with Crippen molar-refractivity contribution in [1.29, 1.82) is 5.26 Å². The molecule has 0 amide bonds. The number of aromatic nitrogens is 1. The van der Waals surface area contributed by atoms with E-state index >= 15 is 0 Å². The molecule has 0 atom stereocenters. The molecule has 1 aromatic heterocycles. The molecule has 0 spiro atoms. The summed E-state index contributed by atoms with van der Waals surface area (Å²) in [4.78, 5) is 5.97. The zero-order valence-electron chi connectivity index (χ0n) is 9.76. The van der Waals surface area contributed by atoms with Gasteiger partial charge in [-0.25, -0.2) is 4.98 Å². The van der Waals surface area contributed by atoms with Gasteiger partial charge in [-0.1, -0.05) is 0 Å². The van der Waals surface area contributed by atoms with E-state index in [4.69, 9.17) is 20.8 Å². The Morgan fingerprint density at radius 2 is 2.29 bits per heavy atom. The van der Waals surface area contributed by atoms with Crippen LogP contribution in [0.5, 0.6) is 0 Å². The number of hydrogen-bond donors (Lipinski definition) is 2. The zero-order valence-corrected chi connectivity index (χ0v) is 9.76. The van der Waals surface area contributed by atoms with Crippen molar-refractivity contribution in [1.82, 2.24) is 4.98 Å². The normalized spacial score (nSPS) is 9.94. The second kappa shape index (κ2) is 6.68. The minimum atomic E-state index is 0.0116. The molecule has 0 saturated carbocycles. The van der Waals surface area contributed by atoms with Gasteiger partial charge in [0.05, 0.1) is 18.9 Å². The number of aliphatic hydroxyl groups excluding tert-OH is 1. The lowest BCUT2D eigenvalue weighted by Crippen LogP contribution is -2.31. The Bertz CT molecular complexity index is 403. The number of rotatable bonds is 6. The van der Waals surface area contributed by atoms with Gasteiger partial charge in [0.25, 0.3) is 0 Å². The summed E-state index contributed by atoms with van der Waals surface area (Å²) in [6, 6.07) is 5.29. The van der Waals surface area contributed by atoms with Gasteiger partial charge in [0, 0.05) is 20.2 Å². The number of pyridine rings is 1. The highest BCUT2D eigenvalue weighted by molar-refractivity contribution is 5.55. The molecule has 0 bridgehead atoms. The molecule has 0 aliphatic heterocycles. The SMILES string of the molecule is COCCN(CCO)c1ccc(N)c(C#N)n1. The standard InChI is InChI=1S/C11H16N4O2/c1-17-7-5-15(4-6-16)11-3-2-9(13)10(8-12)14-11/h2-3,16H,4-7,13H2,1H3. The van der Waals surface area contributed by atoms with E-state index in [0.717, 1.165) is 0 Å². The third kappa shape index (κ3) is 3.59. The van der Waals surface area contributed by atoms with Gasteiger partial charge >= 0.3 is 0 Å². The van der Waals surface area contributed by atoms with Gasteiger partial charge in [-0.05, 0) is 12.1 Å². The zero-order chi connectivity index (χ0) is 12.7. The summed E-state index contributed by atoms with van der Waals surface area (Å²) in [5.74, 6) is 0.613. The van der Waals surface area contributed by atoms with E-state index in [9.17, 15) is 0 Å². The molecule has 0 fully saturated rings. The molecular weight excluding hydrogens is 220 g/mol. The van der Waals surface area contributed by atoms with E-state index in [1.807, 2.05) is 11.0 Å². The van der Waals surface area contributed by atoms with Crippen molar-refractivity contribution in [2.24, 2.45) is 0 Å². The fraction of sp³-hybridized carbons (Fsp3) is 0.455. The van der Waals surface area contributed by atoms with E-state index in [1.165, 1.54) is 0 Å². The summed E-state index contributed by atoms with van der Waals surface area (Å²) in [6.07, 6.45) is 0. The maximum atomic E-state index is 8.98. The van der Waals surface area contributed by atoms with Crippen LogP contribution in [-0.4, -0.2) is 43.5 Å². The first-order chi connectivity index (χ1) is 8.22. The maximum Gasteiger partial charge on any atom is 0.165 e. The fourth-order valence-electron chi connectivity index (χ4n) is 1.39. The van der Waals surface area contributed by atoms with Crippen LogP contribution in [0.4, 0.5) is 11.5 Å². The van der Waals surface area contributed by atoms with Crippen LogP contribution in [0.25, 0.3) is 0 Å². The van der Waals surface area contributed by atoms with Crippen molar-refractivity contribution in [3.8, 4) is 6.07 Å². The van der Waals surface area contributed by atoms with Crippen LogP contribution in [0.3, 0.4) is 0 Å². The molecule has 1 aromatic rings. The Kier molecular flexibility index (Phi) is 5.20. The largest absolute Gasteiger partial charge is 0.396 e. The summed E-state index contributed by atoms with van der Waals surface area (Å²) in [7, 11) is 1.61. The van der Waals surface area contributed by atoms with E-state index < -0.39 is 0 Å². The van der Waals surface area contributed by atoms with Crippen molar-refractivity contribution in [3.63, 3.8) is 0 Å². The first-order valence-electron chi connectivity index (χ1n) is 5.24. The fourth-order valence-corrected chi connectivity index (χ4v) is 1.39. The maximum absolute atomic E-state index is 8.98. The van der Waals surface area contributed by atoms with Crippen LogP contribution in [0.2, 0.25) is 0 Å². The number of aliphatic hydroxyl groups is 1. The molecule has 17 heavy (non-hydrogen) atoms. The summed E-state index contributed by atoms with van der Waals surface area (Å²) in [5.41, 5.74) is 6.15. The quantitative estimate of drug-likeness (QED) is 0.720. The molecule has 0 unspecified atom stereocenters. The molecule has 92 valence electrons. The van der Waals surface area contributed by atoms with Crippen LogP contribution in [0.1, 0.15) is 5.69 Å². The predicted molar refractivity (Wildman–Crippen MR) is 64.5 cm³/mol. The van der Waals surface area contributed by atoms with E-state index in [2.05, 4.69) is 4.98 Å². The van der Waals surface area contributed by atoms with Gasteiger partial charge in [0.2, 0.25) is 0 Å². The molecule has 6 heteroatoms. The third-order valence-electron chi connectivity index (χ3n) is 2.28. The average Bonchev–Trinajstić information content (AvgIpc) is 2.35. The Labute approximate surface area is 100 Å². The van der Waals surface area contributed by atoms with Crippen LogP contribution in [0, 0.1) is 11.3 Å². The third-order valence-corrected chi connectivity index (χ3v) is 2.28. The molecular formula is C11H16N4O2. The van der Waals surface area contributed by atoms with E-state index in [0.29, 0.717) is 31.2 Å². The Balaban J connectivity index is 2.89. The van der Waals surface area contributed by atoms with Gasteiger partial charge in [-0.2, -0.15) is 5.26 Å². The Hall–Kier alpha value is -1.84. The van der Waals surface area contributed by atoms with Gasteiger partial charge in [-0.15, -0.1) is 0 Å². The minimum Gasteiger partial charge on any atom is -0.396 e. The van der Waals surface area contributed by atoms with Crippen molar-refractivity contribution in [3.05, 3.63) is 17.8 Å². The van der Waals surface area contributed by atoms with Gasteiger partial charge in [0.15, 0.2) is 5.69 Å². The number of anilines is 2. The molecule has 0 saturated heterocycles. The van der Waals surface area contributed by atoms with Crippen LogP contribution in [0.15, 0.2) is 12.1 Å². The Morgan fingerprint density at radius 3 is 2.88 bits per heavy atom. The lowest BCUT2D eigenvalue weighted by atomic mass is 10.3. The first-order valence-corrected chi connectivity index (χ1v) is 5.24. The molecule has 0 aromatic carbocycles. The number of methoxy groups -OCH3 is 1. The number of nitrogens with zero attached hydrogens (tertiary/aromatic N) is 3. The number of nitrogens with two attached hydrogens (primary N) is 1. The van der Waals surface area contributed by atoms with E-state index in [1.54, 1.807) is 19.2 Å². The summed E-state index contributed by atoms with van der Waals surface area (Å²) < 4.78 is 4.98. The molecule has 1 rings (SSSR count). The average molecular weight is 236 g/mol. The smallest absolute Gasteiger partial charge is 0.165 e. The van der Waals surface area contributed by atoms with Gasteiger partial charge in [0.1, 0.15) is 11.9 Å². The van der Waals surface area contributed by atoms with Crippen LogP contribution in [-0.2, 0) is 4.74 Å². The monoisotopic (exact) mass is 236 g/mol. The highest BCUT2D eigenvalue weighted by Gasteiger charge is 2.09. The molecule has 0 aliphatic rings. The molecule has 0 aliphatic carbocycles.